The van der Waals surface area contributed by atoms with E-state index < -0.39 is 18.2 Å². The zero-order valence-corrected chi connectivity index (χ0v) is 17.4. The van der Waals surface area contributed by atoms with Crippen LogP contribution in [-0.4, -0.2) is 35.5 Å². The highest BCUT2D eigenvalue weighted by molar-refractivity contribution is 5.90. The monoisotopic (exact) mass is 388 g/mol. The zero-order chi connectivity index (χ0) is 20.8. The molecule has 5 heteroatoms. The van der Waals surface area contributed by atoms with Gasteiger partial charge in [0.2, 0.25) is 0 Å². The third kappa shape index (κ3) is 5.61. The molecule has 0 radical (unpaired) electrons. The topological polar surface area (TPSA) is 76.0 Å². The summed E-state index contributed by atoms with van der Waals surface area (Å²) in [5, 5.41) is 20.6. The van der Waals surface area contributed by atoms with Crippen molar-refractivity contribution in [3.63, 3.8) is 0 Å². The van der Waals surface area contributed by atoms with E-state index in [0.29, 0.717) is 12.0 Å². The fourth-order valence-electron chi connectivity index (χ4n) is 3.74. The van der Waals surface area contributed by atoms with Gasteiger partial charge >= 0.3 is 5.97 Å². The van der Waals surface area contributed by atoms with Crippen LogP contribution < -0.4 is 4.74 Å². The summed E-state index contributed by atoms with van der Waals surface area (Å²) in [4.78, 5) is 12.8. The van der Waals surface area contributed by atoms with Gasteiger partial charge in [0.25, 0.3) is 0 Å². The van der Waals surface area contributed by atoms with Crippen LogP contribution in [0.25, 0.3) is 0 Å². The second-order valence-electron chi connectivity index (χ2n) is 7.95. The number of benzene rings is 1. The summed E-state index contributed by atoms with van der Waals surface area (Å²) in [6.07, 6.45) is 5.33. The van der Waals surface area contributed by atoms with E-state index in [4.69, 9.17) is 9.47 Å². The average molecular weight is 389 g/mol. The van der Waals surface area contributed by atoms with E-state index in [1.165, 1.54) is 25.3 Å². The molecule has 0 fully saturated rings. The molecule has 0 spiro atoms. The second kappa shape index (κ2) is 9.78. The molecule has 0 aliphatic heterocycles. The molecule has 2 rings (SSSR count). The molecule has 5 nitrogen and oxygen atoms in total. The number of hydrogen-bond acceptors (Lipinski definition) is 5. The molecule has 1 unspecified atom stereocenters. The molecule has 0 heterocycles. The van der Waals surface area contributed by atoms with Crippen molar-refractivity contribution in [1.82, 2.24) is 0 Å². The summed E-state index contributed by atoms with van der Waals surface area (Å²) in [5.74, 6) is -0.410. The highest BCUT2D eigenvalue weighted by Crippen LogP contribution is 2.31. The van der Waals surface area contributed by atoms with Crippen molar-refractivity contribution < 1.29 is 24.5 Å². The SMILES string of the molecule is COc1cc(C(=O)O[C@H]2CC(C)=CCC/C(C)=C/[C@@H](O)C2C(C)C)ccc1O. The van der Waals surface area contributed by atoms with Crippen LogP contribution in [-0.2, 0) is 4.74 Å². The maximum Gasteiger partial charge on any atom is 0.338 e. The predicted octanol–water partition coefficient (Wildman–Crippen LogP) is 4.64. The molecule has 1 aliphatic rings. The van der Waals surface area contributed by atoms with Gasteiger partial charge in [0.1, 0.15) is 6.10 Å². The second-order valence-corrected chi connectivity index (χ2v) is 7.95. The lowest BCUT2D eigenvalue weighted by atomic mass is 9.81. The molecule has 0 saturated carbocycles. The van der Waals surface area contributed by atoms with E-state index in [2.05, 4.69) is 6.08 Å². The lowest BCUT2D eigenvalue weighted by molar-refractivity contribution is -0.0217. The van der Waals surface area contributed by atoms with Gasteiger partial charge in [0, 0.05) is 12.3 Å². The molecule has 1 aliphatic carbocycles. The Morgan fingerprint density at radius 1 is 1.21 bits per heavy atom. The smallest absolute Gasteiger partial charge is 0.338 e. The fraction of sp³-hybridized carbons (Fsp3) is 0.522. The number of allylic oxidation sites excluding steroid dienone is 2. The lowest BCUT2D eigenvalue weighted by Crippen LogP contribution is -2.38. The van der Waals surface area contributed by atoms with E-state index in [-0.39, 0.29) is 23.3 Å². The summed E-state index contributed by atoms with van der Waals surface area (Å²) in [6, 6.07) is 4.38. The van der Waals surface area contributed by atoms with Crippen LogP contribution in [0.3, 0.4) is 0 Å². The number of aliphatic hydroxyl groups is 1. The normalized spacial score (nSPS) is 25.5. The average Bonchev–Trinajstić information content (AvgIpc) is 2.61. The molecule has 1 aromatic rings. The molecule has 0 aromatic heterocycles. The molecule has 2 N–H and O–H groups in total. The third-order valence-electron chi connectivity index (χ3n) is 5.28. The largest absolute Gasteiger partial charge is 0.504 e. The Kier molecular flexibility index (Phi) is 7.69. The van der Waals surface area contributed by atoms with Gasteiger partial charge in [-0.15, -0.1) is 0 Å². The van der Waals surface area contributed by atoms with Crippen LogP contribution in [0.15, 0.2) is 41.5 Å². The summed E-state index contributed by atoms with van der Waals surface area (Å²) in [7, 11) is 1.43. The fourth-order valence-corrected chi connectivity index (χ4v) is 3.74. The van der Waals surface area contributed by atoms with Crippen molar-refractivity contribution in [3.8, 4) is 11.5 Å². The van der Waals surface area contributed by atoms with E-state index in [1.807, 2.05) is 33.8 Å². The molecule has 154 valence electrons. The highest BCUT2D eigenvalue weighted by atomic mass is 16.5. The van der Waals surface area contributed by atoms with Crippen molar-refractivity contribution >= 4 is 5.97 Å². The van der Waals surface area contributed by atoms with E-state index in [0.717, 1.165) is 24.0 Å². The molecule has 0 bridgehead atoms. The first-order valence-electron chi connectivity index (χ1n) is 9.82. The number of carbonyl (C=O) groups is 1. The number of methoxy groups -OCH3 is 1. The Hall–Kier alpha value is -2.27. The van der Waals surface area contributed by atoms with Crippen molar-refractivity contribution in [2.75, 3.05) is 7.11 Å². The predicted molar refractivity (Wildman–Crippen MR) is 110 cm³/mol. The third-order valence-corrected chi connectivity index (χ3v) is 5.28. The van der Waals surface area contributed by atoms with Gasteiger partial charge in [-0.1, -0.05) is 37.1 Å². The van der Waals surface area contributed by atoms with Gasteiger partial charge in [-0.25, -0.2) is 4.79 Å². The van der Waals surface area contributed by atoms with E-state index in [9.17, 15) is 15.0 Å². The van der Waals surface area contributed by atoms with Gasteiger partial charge in [-0.3, -0.25) is 0 Å². The van der Waals surface area contributed by atoms with Crippen molar-refractivity contribution in [2.24, 2.45) is 11.8 Å². The summed E-state index contributed by atoms with van der Waals surface area (Å²) in [5.41, 5.74) is 2.59. The lowest BCUT2D eigenvalue weighted by Gasteiger charge is -2.33. The van der Waals surface area contributed by atoms with E-state index in [1.54, 1.807) is 0 Å². The number of esters is 1. The van der Waals surface area contributed by atoms with Gasteiger partial charge in [0.05, 0.1) is 18.8 Å². The Morgan fingerprint density at radius 2 is 1.93 bits per heavy atom. The van der Waals surface area contributed by atoms with Crippen LogP contribution in [0.2, 0.25) is 0 Å². The number of ether oxygens (including phenoxy) is 2. The minimum absolute atomic E-state index is 0.0346. The quantitative estimate of drug-likeness (QED) is 0.581. The van der Waals surface area contributed by atoms with Crippen molar-refractivity contribution in [1.29, 1.82) is 0 Å². The molecule has 1 aromatic carbocycles. The number of carbonyl (C=O) groups excluding carboxylic acids is 1. The summed E-state index contributed by atoms with van der Waals surface area (Å²) >= 11 is 0. The Morgan fingerprint density at radius 3 is 2.57 bits per heavy atom. The zero-order valence-electron chi connectivity index (χ0n) is 17.4. The van der Waals surface area contributed by atoms with E-state index >= 15 is 0 Å². The van der Waals surface area contributed by atoms with Crippen LogP contribution in [0.4, 0.5) is 0 Å². The van der Waals surface area contributed by atoms with Crippen molar-refractivity contribution in [3.05, 3.63) is 47.1 Å². The number of hydrogen-bond donors (Lipinski definition) is 2. The first-order chi connectivity index (χ1) is 13.2. The van der Waals surface area contributed by atoms with Gasteiger partial charge in [0.15, 0.2) is 11.5 Å². The Labute approximate surface area is 167 Å². The van der Waals surface area contributed by atoms with Gasteiger partial charge in [-0.2, -0.15) is 0 Å². The number of rotatable bonds is 4. The first kappa shape index (κ1) is 22.0. The maximum absolute atomic E-state index is 12.8. The van der Waals surface area contributed by atoms with Gasteiger partial charge in [-0.05, 0) is 50.8 Å². The molecule has 3 atom stereocenters. The highest BCUT2D eigenvalue weighted by Gasteiger charge is 2.33. The first-order valence-corrected chi connectivity index (χ1v) is 9.82. The van der Waals surface area contributed by atoms with Crippen LogP contribution in [0, 0.1) is 11.8 Å². The molecular formula is C23H32O5. The Bertz CT molecular complexity index is 747. The minimum atomic E-state index is -0.682. The number of phenolic OH excluding ortho intramolecular Hbond substituents is 1. The minimum Gasteiger partial charge on any atom is -0.504 e. The molecule has 28 heavy (non-hydrogen) atoms. The maximum atomic E-state index is 12.8. The summed E-state index contributed by atoms with van der Waals surface area (Å²) < 4.78 is 11.0. The van der Waals surface area contributed by atoms with Crippen LogP contribution in [0.5, 0.6) is 11.5 Å². The van der Waals surface area contributed by atoms with Crippen LogP contribution in [0.1, 0.15) is 57.3 Å². The Balaban J connectivity index is 2.33. The van der Waals surface area contributed by atoms with Crippen molar-refractivity contribution in [2.45, 2.75) is 59.2 Å². The van der Waals surface area contributed by atoms with Gasteiger partial charge < -0.3 is 19.7 Å². The molecular weight excluding hydrogens is 356 g/mol. The van der Waals surface area contributed by atoms with Crippen LogP contribution >= 0.6 is 0 Å². The number of aliphatic hydroxyl groups excluding tert-OH is 1. The molecule has 0 saturated heterocycles. The summed E-state index contributed by atoms with van der Waals surface area (Å²) in [6.45, 7) is 8.13. The standard InChI is InChI=1S/C23H32O5/c1-14(2)22-19(25)11-15(3)7-6-8-16(4)12-21(22)28-23(26)17-9-10-18(24)20(13-17)27-5/h8-11,13-14,19,21-22,24-25H,6-7,12H2,1-5H3/b15-11+,16-8?/t19-,21+,22?/m1/s1. The number of aromatic hydroxyl groups is 1. The number of phenols is 1. The molecule has 0 amide bonds.